The number of anilines is 2. The van der Waals surface area contributed by atoms with Crippen molar-refractivity contribution in [1.29, 1.82) is 0 Å². The van der Waals surface area contributed by atoms with Crippen molar-refractivity contribution in [2.45, 2.75) is 39.5 Å². The van der Waals surface area contributed by atoms with E-state index in [9.17, 15) is 13.2 Å². The number of likely N-dealkylation sites (N-methyl/N-ethyl adjacent to an activating group) is 1. The van der Waals surface area contributed by atoms with E-state index >= 15 is 0 Å². The van der Waals surface area contributed by atoms with E-state index in [0.29, 0.717) is 24.3 Å². The van der Waals surface area contributed by atoms with Crippen LogP contribution in [0, 0.1) is 13.8 Å². The van der Waals surface area contributed by atoms with Crippen LogP contribution < -0.4 is 10.2 Å². The molecule has 0 radical (unpaired) electrons. The highest BCUT2D eigenvalue weighted by Crippen LogP contribution is 2.31. The average Bonchev–Trinajstić information content (AvgIpc) is 2.81. The fraction of sp³-hybridized carbons (Fsp3) is 0.480. The SMILES string of the molecule is CCN1CCN(c2ccc(S(=O)(=O)N(CC)CC)cc2NC(=O)c2ccc(C)c(C)c2)CC1. The quantitative estimate of drug-likeness (QED) is 0.634. The molecule has 1 aliphatic heterocycles. The first-order valence-electron chi connectivity index (χ1n) is 11.7. The summed E-state index contributed by atoms with van der Waals surface area (Å²) in [6, 6.07) is 10.7. The molecule has 0 aromatic heterocycles. The molecule has 0 unspecified atom stereocenters. The van der Waals surface area contributed by atoms with E-state index in [1.807, 2.05) is 45.9 Å². The van der Waals surface area contributed by atoms with Gasteiger partial charge in [-0.05, 0) is 61.9 Å². The Morgan fingerprint density at radius 1 is 0.939 bits per heavy atom. The summed E-state index contributed by atoms with van der Waals surface area (Å²) < 4.78 is 27.7. The van der Waals surface area contributed by atoms with Crippen LogP contribution in [0.4, 0.5) is 11.4 Å². The zero-order valence-electron chi connectivity index (χ0n) is 20.4. The van der Waals surface area contributed by atoms with Gasteiger partial charge in [-0.25, -0.2) is 8.42 Å². The molecular formula is C25H36N4O3S. The summed E-state index contributed by atoms with van der Waals surface area (Å²) in [7, 11) is -3.64. The minimum absolute atomic E-state index is 0.192. The maximum atomic E-state index is 13.1. The summed E-state index contributed by atoms with van der Waals surface area (Å²) in [5, 5.41) is 3.01. The largest absolute Gasteiger partial charge is 0.367 e. The third-order valence-electron chi connectivity index (χ3n) is 6.49. The predicted octanol–water partition coefficient (Wildman–Crippen LogP) is 3.73. The molecule has 2 aromatic rings. The Bertz CT molecular complexity index is 1090. The molecule has 3 rings (SSSR count). The van der Waals surface area contributed by atoms with Crippen LogP contribution >= 0.6 is 0 Å². The van der Waals surface area contributed by atoms with Crippen molar-refractivity contribution in [2.75, 3.05) is 56.0 Å². The molecule has 0 bridgehead atoms. The molecular weight excluding hydrogens is 436 g/mol. The fourth-order valence-electron chi connectivity index (χ4n) is 4.15. The van der Waals surface area contributed by atoms with Crippen molar-refractivity contribution in [3.8, 4) is 0 Å². The second-order valence-corrected chi connectivity index (χ2v) is 10.4. The fourth-order valence-corrected chi connectivity index (χ4v) is 5.63. The van der Waals surface area contributed by atoms with Crippen molar-refractivity contribution in [3.05, 3.63) is 53.1 Å². The number of carbonyl (C=O) groups excluding carboxylic acids is 1. The second-order valence-electron chi connectivity index (χ2n) is 8.44. The smallest absolute Gasteiger partial charge is 0.255 e. The summed E-state index contributed by atoms with van der Waals surface area (Å²) in [4.78, 5) is 17.9. The molecule has 0 saturated carbocycles. The van der Waals surface area contributed by atoms with Crippen LogP contribution in [-0.2, 0) is 10.0 Å². The Kier molecular flexibility index (Phi) is 8.15. The molecule has 8 heteroatoms. The lowest BCUT2D eigenvalue weighted by Gasteiger charge is -2.36. The average molecular weight is 473 g/mol. The van der Waals surface area contributed by atoms with E-state index in [1.54, 1.807) is 18.2 Å². The highest BCUT2D eigenvalue weighted by molar-refractivity contribution is 7.89. The highest BCUT2D eigenvalue weighted by Gasteiger charge is 2.25. The number of sulfonamides is 1. The van der Waals surface area contributed by atoms with Crippen LogP contribution in [0.3, 0.4) is 0 Å². The van der Waals surface area contributed by atoms with Crippen LogP contribution in [-0.4, -0.2) is 69.3 Å². The standard InChI is InChI=1S/C25H36N4O3S/c1-6-27-13-15-28(16-14-27)24-12-11-22(33(31,32)29(7-2)8-3)18-23(24)26-25(30)21-10-9-19(4)20(5)17-21/h9-12,17-18H,6-8,13-16H2,1-5H3,(H,26,30). The Hall–Kier alpha value is -2.42. The Balaban J connectivity index is 1.99. The number of amides is 1. The van der Waals surface area contributed by atoms with Gasteiger partial charge in [0.2, 0.25) is 10.0 Å². The molecule has 1 N–H and O–H groups in total. The van der Waals surface area contributed by atoms with Gasteiger partial charge in [0.25, 0.3) is 5.91 Å². The summed E-state index contributed by atoms with van der Waals surface area (Å²) >= 11 is 0. The maximum Gasteiger partial charge on any atom is 0.255 e. The van der Waals surface area contributed by atoms with Gasteiger partial charge in [0.15, 0.2) is 0 Å². The molecule has 180 valence electrons. The van der Waals surface area contributed by atoms with Gasteiger partial charge in [-0.15, -0.1) is 0 Å². The monoisotopic (exact) mass is 472 g/mol. The molecule has 1 aliphatic rings. The Morgan fingerprint density at radius 2 is 1.61 bits per heavy atom. The number of aryl methyl sites for hydroxylation is 2. The van der Waals surface area contributed by atoms with Crippen LogP contribution in [0.15, 0.2) is 41.3 Å². The second kappa shape index (κ2) is 10.7. The van der Waals surface area contributed by atoms with Crippen LogP contribution in [0.25, 0.3) is 0 Å². The summed E-state index contributed by atoms with van der Waals surface area (Å²) in [6.45, 7) is 15.1. The number of nitrogens with zero attached hydrogens (tertiary/aromatic N) is 3. The van der Waals surface area contributed by atoms with Gasteiger partial charge in [-0.1, -0.05) is 26.8 Å². The summed E-state index contributed by atoms with van der Waals surface area (Å²) in [5.74, 6) is -0.246. The van der Waals surface area contributed by atoms with Crippen LogP contribution in [0.5, 0.6) is 0 Å². The number of carbonyl (C=O) groups is 1. The van der Waals surface area contributed by atoms with Gasteiger partial charge in [0.05, 0.1) is 16.3 Å². The zero-order valence-corrected chi connectivity index (χ0v) is 21.2. The Labute approximate surface area is 198 Å². The third-order valence-corrected chi connectivity index (χ3v) is 8.53. The maximum absolute atomic E-state index is 13.1. The molecule has 0 spiro atoms. The number of benzene rings is 2. The topological polar surface area (TPSA) is 73.0 Å². The van der Waals surface area contributed by atoms with Gasteiger partial charge in [-0.2, -0.15) is 4.31 Å². The molecule has 0 atom stereocenters. The van der Waals surface area contributed by atoms with Gasteiger partial charge < -0.3 is 15.1 Å². The van der Waals surface area contributed by atoms with Crippen molar-refractivity contribution < 1.29 is 13.2 Å². The number of hydrogen-bond acceptors (Lipinski definition) is 5. The van der Waals surface area contributed by atoms with E-state index in [4.69, 9.17) is 0 Å². The summed E-state index contributed by atoms with van der Waals surface area (Å²) in [5.41, 5.74) is 4.08. The lowest BCUT2D eigenvalue weighted by Crippen LogP contribution is -2.46. The molecule has 2 aromatic carbocycles. The number of hydrogen-bond donors (Lipinski definition) is 1. The normalized spacial score (nSPS) is 15.2. The van der Waals surface area contributed by atoms with E-state index in [1.165, 1.54) is 4.31 Å². The van der Waals surface area contributed by atoms with Crippen molar-refractivity contribution in [3.63, 3.8) is 0 Å². The number of piperazine rings is 1. The van der Waals surface area contributed by atoms with Crippen molar-refractivity contribution in [1.82, 2.24) is 9.21 Å². The number of nitrogens with one attached hydrogen (secondary N) is 1. The van der Waals surface area contributed by atoms with E-state index in [0.717, 1.165) is 49.5 Å². The Morgan fingerprint density at radius 3 is 2.18 bits per heavy atom. The van der Waals surface area contributed by atoms with Gasteiger partial charge in [-0.3, -0.25) is 4.79 Å². The molecule has 33 heavy (non-hydrogen) atoms. The third kappa shape index (κ3) is 5.57. The first-order chi connectivity index (χ1) is 15.7. The summed E-state index contributed by atoms with van der Waals surface area (Å²) in [6.07, 6.45) is 0. The number of rotatable bonds is 8. The molecule has 0 aliphatic carbocycles. The first kappa shape index (κ1) is 25.2. The minimum atomic E-state index is -3.64. The lowest BCUT2D eigenvalue weighted by atomic mass is 10.1. The zero-order chi connectivity index (χ0) is 24.2. The van der Waals surface area contributed by atoms with E-state index in [-0.39, 0.29) is 10.8 Å². The molecule has 1 fully saturated rings. The molecule has 7 nitrogen and oxygen atoms in total. The van der Waals surface area contributed by atoms with Gasteiger partial charge in [0, 0.05) is 44.8 Å². The van der Waals surface area contributed by atoms with E-state index < -0.39 is 10.0 Å². The predicted molar refractivity (Wildman–Crippen MR) is 135 cm³/mol. The van der Waals surface area contributed by atoms with E-state index in [2.05, 4.69) is 22.0 Å². The van der Waals surface area contributed by atoms with Gasteiger partial charge in [0.1, 0.15) is 0 Å². The molecule has 1 amide bonds. The van der Waals surface area contributed by atoms with Crippen molar-refractivity contribution in [2.24, 2.45) is 0 Å². The van der Waals surface area contributed by atoms with Crippen molar-refractivity contribution >= 4 is 27.3 Å². The molecule has 1 saturated heterocycles. The minimum Gasteiger partial charge on any atom is -0.367 e. The lowest BCUT2D eigenvalue weighted by molar-refractivity contribution is 0.102. The molecule has 1 heterocycles. The van der Waals surface area contributed by atoms with Gasteiger partial charge >= 0.3 is 0 Å². The first-order valence-corrected chi connectivity index (χ1v) is 13.1. The van der Waals surface area contributed by atoms with Crippen LogP contribution in [0.2, 0.25) is 0 Å². The highest BCUT2D eigenvalue weighted by atomic mass is 32.2. The van der Waals surface area contributed by atoms with Crippen LogP contribution in [0.1, 0.15) is 42.3 Å².